The summed E-state index contributed by atoms with van der Waals surface area (Å²) in [4.78, 5) is 0. The minimum atomic E-state index is -2.65. The fourth-order valence-electron chi connectivity index (χ4n) is 11.1. The smallest absolute Gasteiger partial charge is 1.00 e. The topological polar surface area (TPSA) is 0 Å². The predicted octanol–water partition coefficient (Wildman–Crippen LogP) is 5.16. The fourth-order valence-corrected chi connectivity index (χ4v) is 28.5. The van der Waals surface area contributed by atoms with Gasteiger partial charge >= 0.3 is 260 Å². The molecular formula is C40H52Cl2Hf. The first-order chi connectivity index (χ1) is 19.4. The van der Waals surface area contributed by atoms with Crippen LogP contribution in [-0.2, 0) is 27.4 Å². The predicted molar refractivity (Wildman–Crippen MR) is 174 cm³/mol. The van der Waals surface area contributed by atoms with E-state index in [4.69, 9.17) is 0 Å². The SMILES string of the molecule is CC12C(=C3Cc4ccccc4C3=C3C=CCCC31)[C](C)([Hf+2]([C]1=CC=CC1)=[C]1CCCCC1)C(C)(C)C(C)(C)C2(C)C.[Cl-].[Cl-]. The van der Waals surface area contributed by atoms with Crippen molar-refractivity contribution in [2.75, 3.05) is 0 Å². The van der Waals surface area contributed by atoms with Gasteiger partial charge in [0.15, 0.2) is 0 Å². The van der Waals surface area contributed by atoms with Gasteiger partial charge in [-0.1, -0.05) is 0 Å². The zero-order chi connectivity index (χ0) is 29.0. The zero-order valence-electron chi connectivity index (χ0n) is 27.9. The first-order valence-electron chi connectivity index (χ1n) is 16.7. The molecule has 7 rings (SSSR count). The van der Waals surface area contributed by atoms with Gasteiger partial charge in [-0.3, -0.25) is 0 Å². The molecule has 2 saturated carbocycles. The largest absolute Gasteiger partial charge is 1.00 e. The van der Waals surface area contributed by atoms with Gasteiger partial charge in [-0.25, -0.2) is 0 Å². The van der Waals surface area contributed by atoms with Gasteiger partial charge in [-0.15, -0.1) is 0 Å². The van der Waals surface area contributed by atoms with Crippen LogP contribution in [0.3, 0.4) is 0 Å². The molecule has 0 nitrogen and oxygen atoms in total. The second-order valence-corrected chi connectivity index (χ2v) is 27.3. The van der Waals surface area contributed by atoms with Crippen LogP contribution in [0, 0.1) is 27.6 Å². The third-order valence-electron chi connectivity index (χ3n) is 14.6. The summed E-state index contributed by atoms with van der Waals surface area (Å²) in [7, 11) is 0. The maximum atomic E-state index is 2.87. The van der Waals surface area contributed by atoms with Crippen molar-refractivity contribution in [1.82, 2.24) is 0 Å². The molecule has 3 unspecified atom stereocenters. The summed E-state index contributed by atoms with van der Waals surface area (Å²) in [5.41, 5.74) is 10.8. The number of benzene rings is 1. The second-order valence-electron chi connectivity index (χ2n) is 16.1. The van der Waals surface area contributed by atoms with Crippen LogP contribution in [0.4, 0.5) is 0 Å². The summed E-state index contributed by atoms with van der Waals surface area (Å²) in [5.74, 6) is 0.594. The van der Waals surface area contributed by atoms with Gasteiger partial charge in [0.25, 0.3) is 0 Å². The van der Waals surface area contributed by atoms with Gasteiger partial charge in [0.2, 0.25) is 0 Å². The first-order valence-corrected chi connectivity index (χ1v) is 22.1. The minimum absolute atomic E-state index is 0. The molecule has 0 aliphatic heterocycles. The van der Waals surface area contributed by atoms with Gasteiger partial charge in [-0.05, 0) is 0 Å². The quantitative estimate of drug-likeness (QED) is 0.365. The fraction of sp³-hybridized carbons (Fsp3) is 0.575. The molecule has 6 aliphatic carbocycles. The number of fused-ring (bicyclic) bond motifs is 6. The van der Waals surface area contributed by atoms with E-state index >= 15 is 0 Å². The normalized spacial score (nSPS) is 32.4. The van der Waals surface area contributed by atoms with Gasteiger partial charge in [0.05, 0.1) is 0 Å². The summed E-state index contributed by atoms with van der Waals surface area (Å²) < 4.78 is 4.22. The van der Waals surface area contributed by atoms with Crippen LogP contribution in [0.25, 0.3) is 5.57 Å². The number of rotatable bonds is 2. The van der Waals surface area contributed by atoms with E-state index < -0.39 is 21.0 Å². The first kappa shape index (κ1) is 33.6. The van der Waals surface area contributed by atoms with Crippen LogP contribution in [0.5, 0.6) is 0 Å². The molecule has 0 saturated heterocycles. The van der Waals surface area contributed by atoms with E-state index in [2.05, 4.69) is 113 Å². The van der Waals surface area contributed by atoms with E-state index in [1.54, 1.807) is 27.8 Å². The molecule has 43 heavy (non-hydrogen) atoms. The summed E-state index contributed by atoms with van der Waals surface area (Å²) >= 11 is -2.65. The minimum Gasteiger partial charge on any atom is -1.00 e. The Kier molecular flexibility index (Phi) is 8.75. The summed E-state index contributed by atoms with van der Waals surface area (Å²) in [6.45, 7) is 21.9. The summed E-state index contributed by atoms with van der Waals surface area (Å²) in [6, 6.07) is 9.47. The summed E-state index contributed by atoms with van der Waals surface area (Å²) in [6.07, 6.45) is 24.6. The molecular weight excluding hydrogens is 730 g/mol. The van der Waals surface area contributed by atoms with Crippen LogP contribution in [-0.4, -0.2) is 3.26 Å². The molecule has 6 aliphatic rings. The maximum absolute atomic E-state index is 2.87. The van der Waals surface area contributed by atoms with Gasteiger partial charge < -0.3 is 24.8 Å². The molecule has 230 valence electrons. The van der Waals surface area contributed by atoms with Crippen LogP contribution in [0.15, 0.2) is 74.7 Å². The van der Waals surface area contributed by atoms with E-state index in [1.165, 1.54) is 51.4 Å². The molecule has 1 aromatic carbocycles. The monoisotopic (exact) mass is 782 g/mol. The third-order valence-corrected chi connectivity index (χ3v) is 29.3. The van der Waals surface area contributed by atoms with E-state index in [1.807, 2.05) is 8.90 Å². The van der Waals surface area contributed by atoms with Crippen molar-refractivity contribution in [1.29, 1.82) is 0 Å². The molecule has 0 spiro atoms. The summed E-state index contributed by atoms with van der Waals surface area (Å²) in [5, 5.41) is 0. The second kappa shape index (κ2) is 11.2. The number of hydrogen-bond acceptors (Lipinski definition) is 0. The zero-order valence-corrected chi connectivity index (χ0v) is 33.0. The molecule has 0 heterocycles. The Labute approximate surface area is 282 Å². The average Bonchev–Trinajstić information content (AvgIpc) is 3.61. The molecule has 0 aromatic heterocycles. The molecule has 0 bridgehead atoms. The average molecular weight is 782 g/mol. The molecule has 1 aromatic rings. The Morgan fingerprint density at radius 1 is 0.791 bits per heavy atom. The number of allylic oxidation sites excluding steroid dienone is 10. The van der Waals surface area contributed by atoms with Gasteiger partial charge in [-0.2, -0.15) is 0 Å². The Balaban J connectivity index is 0.00000184. The number of halogens is 2. The van der Waals surface area contributed by atoms with E-state index in [9.17, 15) is 0 Å². The third kappa shape index (κ3) is 4.11. The van der Waals surface area contributed by atoms with E-state index in [0.717, 1.165) is 6.42 Å². The molecule has 3 atom stereocenters. The van der Waals surface area contributed by atoms with Crippen molar-refractivity contribution >= 4 is 8.83 Å². The Morgan fingerprint density at radius 3 is 2.16 bits per heavy atom. The molecule has 0 N–H and O–H groups in total. The van der Waals surface area contributed by atoms with Crippen molar-refractivity contribution in [3.05, 3.63) is 85.8 Å². The molecule has 0 amide bonds. The standard InChI is InChI=1S/C29H37.C6H10.C5H5.2ClH.Hf/c1-18-25-22-17-19-13-9-10-14-20(19)24(22)21-15-11-12-16-23(21)29(25,8)28(6,7)27(4,5)26(18,2)3;1-2-4-6-5-3-1;1-2-4-5-3-1;;;/h9-11,13-15,23H,12,16-17H2,1-8H3;1-5H2;1-3H,4H2;2*1H;/q;;;;;+2/p-2. The maximum Gasteiger partial charge on any atom is -1.00 e. The van der Waals surface area contributed by atoms with E-state index in [-0.39, 0.29) is 49.6 Å². The van der Waals surface area contributed by atoms with E-state index in [0.29, 0.717) is 5.92 Å². The van der Waals surface area contributed by atoms with Crippen molar-refractivity contribution in [3.8, 4) is 0 Å². The van der Waals surface area contributed by atoms with Crippen molar-refractivity contribution < 1.29 is 45.8 Å². The Morgan fingerprint density at radius 2 is 1.49 bits per heavy atom. The van der Waals surface area contributed by atoms with Crippen molar-refractivity contribution in [2.24, 2.45) is 27.6 Å². The molecule has 2 fully saturated rings. The van der Waals surface area contributed by atoms with Crippen molar-refractivity contribution in [2.45, 2.75) is 116 Å². The van der Waals surface area contributed by atoms with Gasteiger partial charge in [0.1, 0.15) is 0 Å². The Hall–Kier alpha value is -0.760. The van der Waals surface area contributed by atoms with Crippen LogP contribution in [0.1, 0.15) is 118 Å². The molecule has 3 heteroatoms. The van der Waals surface area contributed by atoms with Crippen LogP contribution in [0.2, 0.25) is 3.17 Å². The van der Waals surface area contributed by atoms with Gasteiger partial charge in [0, 0.05) is 0 Å². The van der Waals surface area contributed by atoms with Crippen molar-refractivity contribution in [3.63, 3.8) is 0 Å². The molecule has 0 radical (unpaired) electrons. The van der Waals surface area contributed by atoms with Crippen LogP contribution < -0.4 is 24.8 Å². The van der Waals surface area contributed by atoms with Crippen LogP contribution >= 0.6 is 0 Å². The number of hydrogen-bond donors (Lipinski definition) is 0. The Bertz CT molecular complexity index is 1510.